The maximum Gasteiger partial charge on any atom is 0.166 e. The maximum absolute atomic E-state index is 14.9. The second-order valence-corrected chi connectivity index (χ2v) is 10.6. The van der Waals surface area contributed by atoms with Gasteiger partial charge in [-0.25, -0.2) is 22.0 Å². The monoisotopic (exact) mass is 542 g/mol. The molecule has 1 nitrogen and oxygen atoms in total. The number of unbranched alkanes of at least 4 members (excludes halogenated alkanes) is 2. The molecule has 1 aliphatic carbocycles. The van der Waals surface area contributed by atoms with E-state index in [4.69, 9.17) is 0 Å². The Labute approximate surface area is 227 Å². The van der Waals surface area contributed by atoms with Crippen molar-refractivity contribution >= 4 is 5.57 Å². The van der Waals surface area contributed by atoms with Gasteiger partial charge in [0.2, 0.25) is 0 Å². The van der Waals surface area contributed by atoms with Crippen molar-refractivity contribution in [2.24, 2.45) is 5.92 Å². The van der Waals surface area contributed by atoms with Gasteiger partial charge in [-0.05, 0) is 79.7 Å². The molecule has 0 spiro atoms. The standard InChI is InChI=1S/C33H35F5O/c1-3-4-5-6-29(39)27-18-17-25(32(37)33(27)38)22-11-8-21(9-12-22)10-13-23-14-15-24(19-28(23)34)26-16-7-20(2)30(35)31(26)36/h7,11,14-19,21,29,39H,3-6,8-10,12-13H2,1-2H3. The lowest BCUT2D eigenvalue weighted by Crippen LogP contribution is -2.10. The summed E-state index contributed by atoms with van der Waals surface area (Å²) in [5.74, 6) is -4.01. The molecule has 0 saturated carbocycles. The van der Waals surface area contributed by atoms with Crippen LogP contribution in [0.5, 0.6) is 0 Å². The molecule has 4 rings (SSSR count). The Hall–Kier alpha value is -2.99. The smallest absolute Gasteiger partial charge is 0.166 e. The molecule has 0 saturated heterocycles. The fourth-order valence-corrected chi connectivity index (χ4v) is 5.35. The third-order valence-corrected chi connectivity index (χ3v) is 7.88. The summed E-state index contributed by atoms with van der Waals surface area (Å²) in [6.45, 7) is 3.51. The van der Waals surface area contributed by atoms with E-state index in [0.29, 0.717) is 37.7 Å². The van der Waals surface area contributed by atoms with Crippen molar-refractivity contribution in [1.82, 2.24) is 0 Å². The van der Waals surface area contributed by atoms with Gasteiger partial charge in [0.25, 0.3) is 0 Å². The first-order chi connectivity index (χ1) is 18.7. The van der Waals surface area contributed by atoms with E-state index in [1.807, 2.05) is 13.0 Å². The van der Waals surface area contributed by atoms with Gasteiger partial charge in [0.1, 0.15) is 5.82 Å². The first kappa shape index (κ1) is 29.0. The Morgan fingerprint density at radius 1 is 0.872 bits per heavy atom. The van der Waals surface area contributed by atoms with Gasteiger partial charge in [0.05, 0.1) is 6.10 Å². The highest BCUT2D eigenvalue weighted by Crippen LogP contribution is 2.36. The molecule has 0 fully saturated rings. The molecule has 3 aromatic carbocycles. The Morgan fingerprint density at radius 3 is 2.31 bits per heavy atom. The number of hydrogen-bond acceptors (Lipinski definition) is 1. The highest BCUT2D eigenvalue weighted by Gasteiger charge is 2.23. The third kappa shape index (κ3) is 6.60. The average Bonchev–Trinajstić information content (AvgIpc) is 2.93. The molecule has 0 bridgehead atoms. The number of hydrogen-bond donors (Lipinski definition) is 1. The van der Waals surface area contributed by atoms with Gasteiger partial charge >= 0.3 is 0 Å². The highest BCUT2D eigenvalue weighted by atomic mass is 19.2. The van der Waals surface area contributed by atoms with Gasteiger partial charge in [0.15, 0.2) is 23.3 Å². The summed E-state index contributed by atoms with van der Waals surface area (Å²) < 4.78 is 72.8. The minimum atomic E-state index is -1.02. The van der Waals surface area contributed by atoms with E-state index in [2.05, 4.69) is 0 Å². The Kier molecular flexibility index (Phi) is 9.60. The predicted octanol–water partition coefficient (Wildman–Crippen LogP) is 9.79. The lowest BCUT2D eigenvalue weighted by Gasteiger charge is -2.23. The van der Waals surface area contributed by atoms with Crippen LogP contribution in [0, 0.1) is 41.9 Å². The van der Waals surface area contributed by atoms with E-state index in [9.17, 15) is 27.1 Å². The highest BCUT2D eigenvalue weighted by molar-refractivity contribution is 5.67. The summed E-state index contributed by atoms with van der Waals surface area (Å²) in [6.07, 6.45) is 7.20. The fourth-order valence-electron chi connectivity index (χ4n) is 5.35. The number of aliphatic hydroxyl groups is 1. The largest absolute Gasteiger partial charge is 0.388 e. The molecule has 208 valence electrons. The molecule has 0 heterocycles. The zero-order valence-corrected chi connectivity index (χ0v) is 22.5. The molecule has 3 aromatic rings. The first-order valence-corrected chi connectivity index (χ1v) is 13.8. The van der Waals surface area contributed by atoms with Gasteiger partial charge in [-0.15, -0.1) is 0 Å². The van der Waals surface area contributed by atoms with Crippen LogP contribution in [0.3, 0.4) is 0 Å². The van der Waals surface area contributed by atoms with Crippen molar-refractivity contribution in [2.45, 2.75) is 77.7 Å². The molecule has 1 N–H and O–H groups in total. The van der Waals surface area contributed by atoms with Crippen LogP contribution in [0.15, 0.2) is 48.5 Å². The van der Waals surface area contributed by atoms with E-state index in [1.165, 1.54) is 31.2 Å². The molecular formula is C33H35F5O. The van der Waals surface area contributed by atoms with Crippen LogP contribution in [0.1, 0.15) is 86.6 Å². The fraction of sp³-hybridized carbons (Fsp3) is 0.394. The Morgan fingerprint density at radius 2 is 1.62 bits per heavy atom. The van der Waals surface area contributed by atoms with Crippen molar-refractivity contribution < 1.29 is 27.1 Å². The summed E-state index contributed by atoms with van der Waals surface area (Å²) in [5.41, 5.74) is 1.99. The zero-order chi connectivity index (χ0) is 28.1. The molecule has 6 heteroatoms. The van der Waals surface area contributed by atoms with Crippen molar-refractivity contribution in [3.05, 3.63) is 99.9 Å². The number of aliphatic hydroxyl groups excluding tert-OH is 1. The van der Waals surface area contributed by atoms with Gasteiger partial charge < -0.3 is 5.11 Å². The predicted molar refractivity (Wildman–Crippen MR) is 146 cm³/mol. The summed E-state index contributed by atoms with van der Waals surface area (Å²) in [6, 6.07) is 10.4. The average molecular weight is 543 g/mol. The van der Waals surface area contributed by atoms with Crippen LogP contribution in [0.2, 0.25) is 0 Å². The number of aryl methyl sites for hydroxylation is 2. The number of benzene rings is 3. The van der Waals surface area contributed by atoms with Crippen molar-refractivity contribution in [3.8, 4) is 11.1 Å². The van der Waals surface area contributed by atoms with Crippen LogP contribution < -0.4 is 0 Å². The number of rotatable bonds is 10. The van der Waals surface area contributed by atoms with Crippen LogP contribution in [0.4, 0.5) is 22.0 Å². The third-order valence-electron chi connectivity index (χ3n) is 7.88. The Balaban J connectivity index is 1.37. The van der Waals surface area contributed by atoms with Gasteiger partial charge in [-0.2, -0.15) is 0 Å². The van der Waals surface area contributed by atoms with E-state index < -0.39 is 35.2 Å². The first-order valence-electron chi connectivity index (χ1n) is 13.8. The van der Waals surface area contributed by atoms with E-state index in [0.717, 1.165) is 31.3 Å². The summed E-state index contributed by atoms with van der Waals surface area (Å²) in [7, 11) is 0. The molecule has 0 aliphatic heterocycles. The van der Waals surface area contributed by atoms with Crippen molar-refractivity contribution in [3.63, 3.8) is 0 Å². The zero-order valence-electron chi connectivity index (χ0n) is 22.5. The number of allylic oxidation sites excluding steroid dienone is 2. The van der Waals surface area contributed by atoms with Crippen molar-refractivity contribution in [1.29, 1.82) is 0 Å². The topological polar surface area (TPSA) is 20.2 Å². The normalized spacial score (nSPS) is 16.3. The molecule has 0 amide bonds. The minimum absolute atomic E-state index is 0.00457. The minimum Gasteiger partial charge on any atom is -0.388 e. The molecule has 2 unspecified atom stereocenters. The molecule has 2 atom stereocenters. The molecule has 0 radical (unpaired) electrons. The van der Waals surface area contributed by atoms with E-state index in [-0.39, 0.29) is 33.7 Å². The summed E-state index contributed by atoms with van der Waals surface area (Å²) in [5, 5.41) is 10.3. The lowest BCUT2D eigenvalue weighted by atomic mass is 9.83. The van der Waals surface area contributed by atoms with Gasteiger partial charge in [-0.1, -0.05) is 68.7 Å². The van der Waals surface area contributed by atoms with Gasteiger partial charge in [0, 0.05) is 16.7 Å². The maximum atomic E-state index is 14.9. The van der Waals surface area contributed by atoms with Crippen LogP contribution >= 0.6 is 0 Å². The summed E-state index contributed by atoms with van der Waals surface area (Å²) >= 11 is 0. The lowest BCUT2D eigenvalue weighted by molar-refractivity contribution is 0.158. The molecular weight excluding hydrogens is 507 g/mol. The molecule has 0 aromatic heterocycles. The Bertz CT molecular complexity index is 1350. The van der Waals surface area contributed by atoms with Crippen LogP contribution in [0.25, 0.3) is 16.7 Å². The van der Waals surface area contributed by atoms with Crippen molar-refractivity contribution in [2.75, 3.05) is 0 Å². The second kappa shape index (κ2) is 12.9. The molecule has 1 aliphatic rings. The quantitative estimate of drug-likeness (QED) is 0.200. The SMILES string of the molecule is CCCCCC(O)c1ccc(C2=CCC(CCc3ccc(-c4ccc(C)c(F)c4F)cc3F)CC2)c(F)c1F. The van der Waals surface area contributed by atoms with E-state index in [1.54, 1.807) is 18.2 Å². The van der Waals surface area contributed by atoms with Gasteiger partial charge in [-0.3, -0.25) is 0 Å². The summed E-state index contributed by atoms with van der Waals surface area (Å²) in [4.78, 5) is 0. The van der Waals surface area contributed by atoms with E-state index >= 15 is 0 Å². The molecule has 39 heavy (non-hydrogen) atoms. The number of halogens is 5. The second-order valence-electron chi connectivity index (χ2n) is 10.6. The van der Waals surface area contributed by atoms with Crippen LogP contribution in [-0.2, 0) is 6.42 Å². The van der Waals surface area contributed by atoms with Crippen LogP contribution in [-0.4, -0.2) is 5.11 Å².